The molecule has 0 fully saturated rings. The smallest absolute Gasteiger partial charge is 0.248 e. The van der Waals surface area contributed by atoms with Crippen LogP contribution < -0.4 is 25.4 Å². The lowest BCUT2D eigenvalue weighted by molar-refractivity contribution is 0.311. The predicted molar refractivity (Wildman–Crippen MR) is 141 cm³/mol. The Morgan fingerprint density at radius 1 is 1.00 bits per heavy atom. The summed E-state index contributed by atoms with van der Waals surface area (Å²) < 4.78 is 12.3. The predicted octanol–water partition coefficient (Wildman–Crippen LogP) is 2.73. The fourth-order valence-electron chi connectivity index (χ4n) is 3.83. The van der Waals surface area contributed by atoms with Crippen LogP contribution in [0, 0.1) is 0 Å². The van der Waals surface area contributed by atoms with Crippen molar-refractivity contribution in [2.24, 2.45) is 0 Å². The van der Waals surface area contributed by atoms with Crippen LogP contribution in [0.3, 0.4) is 0 Å². The van der Waals surface area contributed by atoms with Crippen molar-refractivity contribution in [1.29, 1.82) is 0 Å². The molecule has 1 aromatic carbocycles. The minimum atomic E-state index is 0.174. The minimum Gasteiger partial charge on any atom is -0.493 e. The van der Waals surface area contributed by atoms with Crippen LogP contribution in [-0.4, -0.2) is 82.1 Å². The average molecular weight is 493 g/mol. The van der Waals surface area contributed by atoms with Crippen molar-refractivity contribution in [2.75, 3.05) is 63.4 Å². The summed E-state index contributed by atoms with van der Waals surface area (Å²) in [5.74, 6) is 2.98. The fourth-order valence-corrected chi connectivity index (χ4v) is 3.83. The van der Waals surface area contributed by atoms with E-state index in [0.717, 1.165) is 37.7 Å². The van der Waals surface area contributed by atoms with Crippen LogP contribution in [0.25, 0.3) is 16.7 Å². The van der Waals surface area contributed by atoms with E-state index in [2.05, 4.69) is 54.0 Å². The van der Waals surface area contributed by atoms with Gasteiger partial charge in [-0.1, -0.05) is 13.8 Å². The summed E-state index contributed by atoms with van der Waals surface area (Å²) in [5, 5.41) is 8.36. The first-order chi connectivity index (χ1) is 17.5. The van der Waals surface area contributed by atoms with Gasteiger partial charge in [0.1, 0.15) is 12.1 Å². The molecule has 0 aliphatic rings. The van der Waals surface area contributed by atoms with Crippen LogP contribution in [0.5, 0.6) is 11.5 Å². The quantitative estimate of drug-likeness (QED) is 0.320. The molecule has 12 nitrogen and oxygen atoms in total. The number of benzene rings is 1. The van der Waals surface area contributed by atoms with E-state index in [0.29, 0.717) is 34.2 Å². The molecular formula is C24H32N10O2. The van der Waals surface area contributed by atoms with Gasteiger partial charge in [-0.15, -0.1) is 5.10 Å². The molecule has 3 heterocycles. The van der Waals surface area contributed by atoms with Gasteiger partial charge in [-0.05, 0) is 31.3 Å². The number of nitrogens with two attached hydrogens (primary N) is 1. The van der Waals surface area contributed by atoms with Crippen molar-refractivity contribution in [1.82, 2.24) is 34.6 Å². The van der Waals surface area contributed by atoms with Gasteiger partial charge in [0, 0.05) is 31.6 Å². The molecule has 4 rings (SSSR count). The minimum absolute atomic E-state index is 0.174. The molecule has 0 aliphatic heterocycles. The van der Waals surface area contributed by atoms with Crippen molar-refractivity contribution < 1.29 is 9.47 Å². The van der Waals surface area contributed by atoms with Crippen molar-refractivity contribution in [2.45, 2.75) is 13.8 Å². The Hall–Kier alpha value is -4.19. The molecule has 0 aliphatic carbocycles. The maximum atomic E-state index is 6.20. The van der Waals surface area contributed by atoms with Crippen LogP contribution in [0.15, 0.2) is 36.8 Å². The summed E-state index contributed by atoms with van der Waals surface area (Å²) in [6.45, 7) is 8.30. The molecule has 12 heteroatoms. The number of methoxy groups -OCH3 is 2. The SMILES string of the molecule is CCN(CC)CCN(C)c1ccc(Nc2nc(N)n(-c3ncnc4cc(OC)c(OC)cc34)n2)cn1. The van der Waals surface area contributed by atoms with Crippen molar-refractivity contribution in [3.63, 3.8) is 0 Å². The van der Waals surface area contributed by atoms with E-state index in [1.54, 1.807) is 32.5 Å². The van der Waals surface area contributed by atoms with Crippen LogP contribution in [0.2, 0.25) is 0 Å². The number of aromatic nitrogens is 6. The number of fused-ring (bicyclic) bond motifs is 1. The van der Waals surface area contributed by atoms with E-state index in [-0.39, 0.29) is 5.95 Å². The lowest BCUT2D eigenvalue weighted by atomic mass is 10.2. The summed E-state index contributed by atoms with van der Waals surface area (Å²) in [4.78, 5) is 22.2. The number of nitrogen functional groups attached to an aromatic ring is 1. The van der Waals surface area contributed by atoms with Gasteiger partial charge in [0.2, 0.25) is 11.9 Å². The Kier molecular flexibility index (Phi) is 7.64. The number of hydrogen-bond donors (Lipinski definition) is 2. The fraction of sp³-hybridized carbons (Fsp3) is 0.375. The highest BCUT2D eigenvalue weighted by Crippen LogP contribution is 2.33. The zero-order valence-electron chi connectivity index (χ0n) is 21.3. The van der Waals surface area contributed by atoms with Crippen LogP contribution in [0.1, 0.15) is 13.8 Å². The first kappa shape index (κ1) is 24.9. The first-order valence-corrected chi connectivity index (χ1v) is 11.7. The third-order valence-electron chi connectivity index (χ3n) is 5.99. The van der Waals surface area contributed by atoms with E-state index in [1.807, 2.05) is 19.2 Å². The van der Waals surface area contributed by atoms with Gasteiger partial charge in [0.05, 0.1) is 31.6 Å². The van der Waals surface area contributed by atoms with Gasteiger partial charge in [-0.3, -0.25) is 0 Å². The van der Waals surface area contributed by atoms with Crippen molar-refractivity contribution in [3.8, 4) is 17.3 Å². The molecule has 0 saturated heterocycles. The summed E-state index contributed by atoms with van der Waals surface area (Å²) in [5.41, 5.74) is 7.60. The Labute approximate surface area is 210 Å². The number of hydrogen-bond acceptors (Lipinski definition) is 11. The lowest BCUT2D eigenvalue weighted by Gasteiger charge is -2.23. The topological polar surface area (TPSA) is 132 Å². The molecule has 36 heavy (non-hydrogen) atoms. The summed E-state index contributed by atoms with van der Waals surface area (Å²) in [6.07, 6.45) is 3.19. The zero-order valence-corrected chi connectivity index (χ0v) is 21.3. The maximum absolute atomic E-state index is 6.20. The highest BCUT2D eigenvalue weighted by molar-refractivity contribution is 5.88. The number of nitrogens with one attached hydrogen (secondary N) is 1. The van der Waals surface area contributed by atoms with Crippen LogP contribution in [0.4, 0.5) is 23.4 Å². The van der Waals surface area contributed by atoms with E-state index >= 15 is 0 Å². The van der Waals surface area contributed by atoms with Gasteiger partial charge in [-0.2, -0.15) is 9.67 Å². The Bertz CT molecular complexity index is 1300. The number of ether oxygens (including phenoxy) is 2. The molecule has 190 valence electrons. The molecule has 0 atom stereocenters. The molecule has 0 radical (unpaired) electrons. The second kappa shape index (κ2) is 11.0. The highest BCUT2D eigenvalue weighted by Gasteiger charge is 2.16. The number of likely N-dealkylation sites (N-methyl/N-ethyl adjacent to an activating group) is 2. The number of nitrogens with zero attached hydrogens (tertiary/aromatic N) is 8. The van der Waals surface area contributed by atoms with Crippen LogP contribution in [-0.2, 0) is 0 Å². The Morgan fingerprint density at radius 2 is 1.75 bits per heavy atom. The molecular weight excluding hydrogens is 460 g/mol. The van der Waals surface area contributed by atoms with Gasteiger partial charge in [0.15, 0.2) is 17.3 Å². The van der Waals surface area contributed by atoms with Crippen molar-refractivity contribution in [3.05, 3.63) is 36.8 Å². The van der Waals surface area contributed by atoms with Gasteiger partial charge in [-0.25, -0.2) is 15.0 Å². The van der Waals surface area contributed by atoms with Crippen LogP contribution >= 0.6 is 0 Å². The lowest BCUT2D eigenvalue weighted by Crippen LogP contribution is -2.33. The second-order valence-corrected chi connectivity index (χ2v) is 8.11. The van der Waals surface area contributed by atoms with E-state index in [4.69, 9.17) is 15.2 Å². The van der Waals surface area contributed by atoms with E-state index in [9.17, 15) is 0 Å². The summed E-state index contributed by atoms with van der Waals surface area (Å²) in [6, 6.07) is 7.46. The third kappa shape index (κ3) is 5.23. The molecule has 3 N–H and O–H groups in total. The maximum Gasteiger partial charge on any atom is 0.248 e. The summed E-state index contributed by atoms with van der Waals surface area (Å²) >= 11 is 0. The standard InChI is InChI=1S/C24H32N10O2/c1-6-33(7-2)11-10-32(3)21-9-8-16(14-26-21)29-24-30-23(25)34(31-24)22-17-12-19(35-4)20(36-5)13-18(17)27-15-28-22/h8-9,12-15H,6-7,10-11H2,1-5H3,(H3,25,29,30,31). The average Bonchev–Trinajstić information content (AvgIpc) is 3.27. The molecule has 0 unspecified atom stereocenters. The zero-order chi connectivity index (χ0) is 25.7. The number of rotatable bonds is 11. The first-order valence-electron chi connectivity index (χ1n) is 11.7. The molecule has 0 bridgehead atoms. The van der Waals surface area contributed by atoms with Gasteiger partial charge < -0.3 is 30.3 Å². The normalized spacial score (nSPS) is 11.2. The molecule has 0 saturated carbocycles. The third-order valence-corrected chi connectivity index (χ3v) is 5.99. The molecule has 0 spiro atoms. The van der Waals surface area contributed by atoms with Gasteiger partial charge >= 0.3 is 0 Å². The molecule has 0 amide bonds. The molecule has 3 aromatic heterocycles. The van der Waals surface area contributed by atoms with Crippen molar-refractivity contribution >= 4 is 34.3 Å². The van der Waals surface area contributed by atoms with E-state index in [1.165, 1.54) is 11.0 Å². The van der Waals surface area contributed by atoms with Gasteiger partial charge in [0.25, 0.3) is 0 Å². The Morgan fingerprint density at radius 3 is 2.42 bits per heavy atom. The number of anilines is 4. The second-order valence-electron chi connectivity index (χ2n) is 8.11. The number of pyridine rings is 1. The largest absolute Gasteiger partial charge is 0.493 e. The van der Waals surface area contributed by atoms with E-state index < -0.39 is 0 Å². The Balaban J connectivity index is 1.53. The highest BCUT2D eigenvalue weighted by atomic mass is 16.5. The molecule has 4 aromatic rings. The summed E-state index contributed by atoms with van der Waals surface area (Å²) in [7, 11) is 5.19. The monoisotopic (exact) mass is 492 g/mol.